The molecular formula is C13H23N5. The normalized spacial score (nSPS) is 16.9. The van der Waals surface area contributed by atoms with E-state index in [1.165, 1.54) is 0 Å². The zero-order valence-electron chi connectivity index (χ0n) is 11.5. The van der Waals surface area contributed by atoms with Gasteiger partial charge in [-0.25, -0.2) is 9.97 Å². The van der Waals surface area contributed by atoms with Crippen LogP contribution in [0.5, 0.6) is 0 Å². The monoisotopic (exact) mass is 249 g/mol. The van der Waals surface area contributed by atoms with E-state index in [1.807, 2.05) is 13.0 Å². The third-order valence-corrected chi connectivity index (χ3v) is 2.97. The van der Waals surface area contributed by atoms with Crippen LogP contribution in [0.3, 0.4) is 0 Å². The van der Waals surface area contributed by atoms with Crippen LogP contribution in [0.25, 0.3) is 0 Å². The fourth-order valence-corrected chi connectivity index (χ4v) is 2.19. The molecule has 0 bridgehead atoms. The van der Waals surface area contributed by atoms with Crippen LogP contribution in [0, 0.1) is 6.92 Å². The molecule has 0 spiro atoms. The Morgan fingerprint density at radius 2 is 1.89 bits per heavy atom. The van der Waals surface area contributed by atoms with Gasteiger partial charge in [-0.1, -0.05) is 0 Å². The maximum Gasteiger partial charge on any atom is 0.132 e. The number of hydrogen-bond acceptors (Lipinski definition) is 5. The van der Waals surface area contributed by atoms with E-state index in [4.69, 9.17) is 0 Å². The van der Waals surface area contributed by atoms with Crippen molar-refractivity contribution in [3.05, 3.63) is 11.9 Å². The molecule has 1 aromatic rings. The predicted molar refractivity (Wildman–Crippen MR) is 75.0 cm³/mol. The largest absolute Gasteiger partial charge is 0.368 e. The van der Waals surface area contributed by atoms with Crippen LogP contribution in [0.2, 0.25) is 0 Å². The van der Waals surface area contributed by atoms with Crippen molar-refractivity contribution in [3.63, 3.8) is 0 Å². The molecule has 1 aliphatic heterocycles. The molecule has 0 aliphatic carbocycles. The van der Waals surface area contributed by atoms with Gasteiger partial charge in [0.1, 0.15) is 17.5 Å². The van der Waals surface area contributed by atoms with Crippen molar-refractivity contribution >= 4 is 11.6 Å². The van der Waals surface area contributed by atoms with Gasteiger partial charge >= 0.3 is 0 Å². The van der Waals surface area contributed by atoms with Gasteiger partial charge in [-0.2, -0.15) is 0 Å². The molecule has 18 heavy (non-hydrogen) atoms. The number of anilines is 2. The lowest BCUT2D eigenvalue weighted by atomic mass is 10.1. The number of aromatic nitrogens is 2. The zero-order valence-corrected chi connectivity index (χ0v) is 11.5. The van der Waals surface area contributed by atoms with E-state index in [0.29, 0.717) is 12.1 Å². The maximum absolute atomic E-state index is 4.45. The average molecular weight is 249 g/mol. The van der Waals surface area contributed by atoms with Crippen molar-refractivity contribution in [1.82, 2.24) is 15.3 Å². The van der Waals surface area contributed by atoms with Gasteiger partial charge in [-0.3, -0.25) is 0 Å². The van der Waals surface area contributed by atoms with E-state index in [0.717, 1.165) is 43.4 Å². The summed E-state index contributed by atoms with van der Waals surface area (Å²) in [6.07, 6.45) is 2.30. The summed E-state index contributed by atoms with van der Waals surface area (Å²) in [6, 6.07) is 2.90. The van der Waals surface area contributed by atoms with Gasteiger partial charge < -0.3 is 16.0 Å². The fraction of sp³-hybridized carbons (Fsp3) is 0.692. The Kier molecular flexibility index (Phi) is 4.36. The molecule has 0 atom stereocenters. The summed E-state index contributed by atoms with van der Waals surface area (Å²) in [4.78, 5) is 8.85. The summed E-state index contributed by atoms with van der Waals surface area (Å²) in [5, 5.41) is 10.2. The van der Waals surface area contributed by atoms with Crippen molar-refractivity contribution in [2.45, 2.75) is 45.7 Å². The minimum Gasteiger partial charge on any atom is -0.368 e. The van der Waals surface area contributed by atoms with Gasteiger partial charge in [0.15, 0.2) is 0 Å². The summed E-state index contributed by atoms with van der Waals surface area (Å²) in [5.41, 5.74) is 0. The molecule has 100 valence electrons. The molecule has 5 nitrogen and oxygen atoms in total. The van der Waals surface area contributed by atoms with Crippen molar-refractivity contribution in [2.75, 3.05) is 23.7 Å². The molecule has 1 fully saturated rings. The van der Waals surface area contributed by atoms with Crippen LogP contribution in [0.15, 0.2) is 6.07 Å². The summed E-state index contributed by atoms with van der Waals surface area (Å²) >= 11 is 0. The summed E-state index contributed by atoms with van der Waals surface area (Å²) < 4.78 is 0. The lowest BCUT2D eigenvalue weighted by molar-refractivity contribution is 0.478. The summed E-state index contributed by atoms with van der Waals surface area (Å²) in [5.74, 6) is 2.63. The summed E-state index contributed by atoms with van der Waals surface area (Å²) in [7, 11) is 0. The van der Waals surface area contributed by atoms with Gasteiger partial charge in [-0.05, 0) is 46.7 Å². The number of aryl methyl sites for hydroxylation is 1. The second kappa shape index (κ2) is 6.00. The first-order chi connectivity index (χ1) is 8.63. The van der Waals surface area contributed by atoms with E-state index in [1.54, 1.807) is 0 Å². The van der Waals surface area contributed by atoms with Crippen LogP contribution >= 0.6 is 0 Å². The average Bonchev–Trinajstić information content (AvgIpc) is 2.28. The number of hydrogen-bond donors (Lipinski definition) is 3. The molecule has 5 heteroatoms. The number of piperidine rings is 1. The molecule has 0 saturated carbocycles. The SMILES string of the molecule is Cc1nc(NC(C)C)cc(NC2CCNCC2)n1. The quantitative estimate of drug-likeness (QED) is 0.759. The Morgan fingerprint density at radius 1 is 1.22 bits per heavy atom. The van der Waals surface area contributed by atoms with Crippen LogP contribution < -0.4 is 16.0 Å². The molecule has 0 amide bonds. The van der Waals surface area contributed by atoms with Gasteiger partial charge in [0.25, 0.3) is 0 Å². The van der Waals surface area contributed by atoms with E-state index >= 15 is 0 Å². The number of nitrogens with one attached hydrogen (secondary N) is 3. The van der Waals surface area contributed by atoms with Gasteiger partial charge in [-0.15, -0.1) is 0 Å². The first kappa shape index (κ1) is 13.1. The third-order valence-electron chi connectivity index (χ3n) is 2.97. The van der Waals surface area contributed by atoms with Crippen molar-refractivity contribution in [1.29, 1.82) is 0 Å². The third kappa shape index (κ3) is 3.84. The second-order valence-electron chi connectivity index (χ2n) is 5.15. The maximum atomic E-state index is 4.45. The molecule has 2 heterocycles. The first-order valence-electron chi connectivity index (χ1n) is 6.73. The zero-order chi connectivity index (χ0) is 13.0. The van der Waals surface area contributed by atoms with Crippen molar-refractivity contribution in [2.24, 2.45) is 0 Å². The van der Waals surface area contributed by atoms with Gasteiger partial charge in [0.2, 0.25) is 0 Å². The Labute approximate surface area is 109 Å². The van der Waals surface area contributed by atoms with Crippen LogP contribution in [-0.4, -0.2) is 35.1 Å². The highest BCUT2D eigenvalue weighted by Crippen LogP contribution is 2.15. The molecule has 1 aromatic heterocycles. The number of nitrogens with zero attached hydrogens (tertiary/aromatic N) is 2. The molecule has 1 saturated heterocycles. The molecule has 0 radical (unpaired) electrons. The Morgan fingerprint density at radius 3 is 2.56 bits per heavy atom. The van der Waals surface area contributed by atoms with Gasteiger partial charge in [0, 0.05) is 18.2 Å². The Balaban J connectivity index is 2.04. The predicted octanol–water partition coefficient (Wildman–Crippen LogP) is 1.77. The van der Waals surface area contributed by atoms with Gasteiger partial charge in [0.05, 0.1) is 0 Å². The smallest absolute Gasteiger partial charge is 0.132 e. The van der Waals surface area contributed by atoms with Crippen molar-refractivity contribution < 1.29 is 0 Å². The topological polar surface area (TPSA) is 61.9 Å². The van der Waals surface area contributed by atoms with Crippen LogP contribution in [-0.2, 0) is 0 Å². The number of rotatable bonds is 4. The van der Waals surface area contributed by atoms with E-state index < -0.39 is 0 Å². The van der Waals surface area contributed by atoms with Crippen LogP contribution in [0.1, 0.15) is 32.5 Å². The highest BCUT2D eigenvalue weighted by Gasteiger charge is 2.13. The van der Waals surface area contributed by atoms with Crippen LogP contribution in [0.4, 0.5) is 11.6 Å². The highest BCUT2D eigenvalue weighted by atomic mass is 15.1. The molecule has 2 rings (SSSR count). The molecule has 0 aromatic carbocycles. The van der Waals surface area contributed by atoms with E-state index in [9.17, 15) is 0 Å². The Bertz CT molecular complexity index is 385. The molecule has 0 unspecified atom stereocenters. The molecular weight excluding hydrogens is 226 g/mol. The minimum absolute atomic E-state index is 0.381. The summed E-state index contributed by atoms with van der Waals surface area (Å²) in [6.45, 7) is 8.31. The lowest BCUT2D eigenvalue weighted by Crippen LogP contribution is -2.35. The minimum atomic E-state index is 0.381. The first-order valence-corrected chi connectivity index (χ1v) is 6.73. The molecule has 3 N–H and O–H groups in total. The van der Waals surface area contributed by atoms with Crippen molar-refractivity contribution in [3.8, 4) is 0 Å². The highest BCUT2D eigenvalue weighted by molar-refractivity contribution is 5.48. The molecule has 1 aliphatic rings. The van der Waals surface area contributed by atoms with E-state index in [2.05, 4.69) is 39.8 Å². The second-order valence-corrected chi connectivity index (χ2v) is 5.15. The lowest BCUT2D eigenvalue weighted by Gasteiger charge is -2.24. The Hall–Kier alpha value is -1.36. The van der Waals surface area contributed by atoms with E-state index in [-0.39, 0.29) is 0 Å². The standard InChI is InChI=1S/C13H23N5/c1-9(2)15-12-8-13(17-10(3)16-12)18-11-4-6-14-7-5-11/h8-9,11,14H,4-7H2,1-3H3,(H2,15,16,17,18). The fourth-order valence-electron chi connectivity index (χ4n) is 2.19.